The maximum absolute atomic E-state index is 11.9. The Morgan fingerprint density at radius 2 is 1.86 bits per heavy atom. The highest BCUT2D eigenvalue weighted by Gasteiger charge is 2.47. The normalized spacial score (nSPS) is 22.0. The minimum atomic E-state index is -4.29. The van der Waals surface area contributed by atoms with Gasteiger partial charge in [-0.3, -0.25) is 13.8 Å². The fraction of sp³-hybridized carbons (Fsp3) is 0.929. The average molecular weight is 338 g/mol. The van der Waals surface area contributed by atoms with Gasteiger partial charge in [0.25, 0.3) is 0 Å². The number of carboxylic acids is 1. The number of aliphatic carboxylic acids is 1. The van der Waals surface area contributed by atoms with Crippen molar-refractivity contribution in [2.24, 2.45) is 5.41 Å². The van der Waals surface area contributed by atoms with Crippen molar-refractivity contribution in [1.29, 1.82) is 0 Å². The van der Waals surface area contributed by atoms with Crippen molar-refractivity contribution in [3.05, 3.63) is 0 Å². The lowest BCUT2D eigenvalue weighted by Gasteiger charge is -2.38. The molecule has 1 aliphatic carbocycles. The standard InChI is InChI=1S/C14H27O7P/c1-3-9-19-10-11-20-22(17,18)21-12(2)14(13(15)16)7-5-4-6-8-14/h12H,3-11H2,1-2H3,(H,15,16)(H,17,18). The Balaban J connectivity index is 2.54. The van der Waals surface area contributed by atoms with Gasteiger partial charge in [-0.1, -0.05) is 26.2 Å². The van der Waals surface area contributed by atoms with Crippen molar-refractivity contribution in [2.75, 3.05) is 19.8 Å². The van der Waals surface area contributed by atoms with Crippen molar-refractivity contribution in [3.8, 4) is 0 Å². The minimum Gasteiger partial charge on any atom is -0.481 e. The summed E-state index contributed by atoms with van der Waals surface area (Å²) < 4.78 is 27.0. The molecule has 0 heterocycles. The molecule has 1 fully saturated rings. The molecule has 0 aromatic heterocycles. The van der Waals surface area contributed by atoms with E-state index in [-0.39, 0.29) is 13.2 Å². The summed E-state index contributed by atoms with van der Waals surface area (Å²) in [6, 6.07) is 0. The topological polar surface area (TPSA) is 102 Å². The number of hydrogen-bond donors (Lipinski definition) is 2. The first-order chi connectivity index (χ1) is 10.3. The van der Waals surface area contributed by atoms with Crippen LogP contribution in [0.5, 0.6) is 0 Å². The Hall–Kier alpha value is -0.460. The fourth-order valence-electron chi connectivity index (χ4n) is 2.77. The van der Waals surface area contributed by atoms with Crippen LogP contribution < -0.4 is 0 Å². The number of ether oxygens (including phenoxy) is 1. The molecule has 2 atom stereocenters. The highest BCUT2D eigenvalue weighted by atomic mass is 31.2. The molecular weight excluding hydrogens is 311 g/mol. The maximum atomic E-state index is 11.9. The van der Waals surface area contributed by atoms with Crippen LogP contribution in [0.1, 0.15) is 52.4 Å². The highest BCUT2D eigenvalue weighted by molar-refractivity contribution is 7.47. The third kappa shape index (κ3) is 5.63. The number of rotatable bonds is 10. The Morgan fingerprint density at radius 1 is 1.23 bits per heavy atom. The molecule has 0 aromatic carbocycles. The zero-order valence-electron chi connectivity index (χ0n) is 13.3. The minimum absolute atomic E-state index is 0.0689. The van der Waals surface area contributed by atoms with Gasteiger partial charge in [-0.15, -0.1) is 0 Å². The molecule has 0 aromatic rings. The zero-order chi connectivity index (χ0) is 16.6. The lowest BCUT2D eigenvalue weighted by Crippen LogP contribution is -2.43. The van der Waals surface area contributed by atoms with E-state index in [9.17, 15) is 19.4 Å². The van der Waals surface area contributed by atoms with Gasteiger partial charge in [0.15, 0.2) is 0 Å². The second-order valence-corrected chi connectivity index (χ2v) is 7.09. The van der Waals surface area contributed by atoms with E-state index in [1.165, 1.54) is 6.92 Å². The molecule has 8 heteroatoms. The first-order valence-corrected chi connectivity index (χ1v) is 9.30. The summed E-state index contributed by atoms with van der Waals surface area (Å²) in [4.78, 5) is 21.4. The molecule has 2 unspecified atom stereocenters. The predicted octanol–water partition coefficient (Wildman–Crippen LogP) is 2.97. The van der Waals surface area contributed by atoms with Gasteiger partial charge in [0.05, 0.1) is 24.7 Å². The van der Waals surface area contributed by atoms with Gasteiger partial charge in [0.2, 0.25) is 0 Å². The van der Waals surface area contributed by atoms with Gasteiger partial charge in [0.1, 0.15) is 0 Å². The summed E-state index contributed by atoms with van der Waals surface area (Å²) in [5.74, 6) is -0.981. The molecule has 1 saturated carbocycles. The SMILES string of the molecule is CCCOCCOP(=O)(O)OC(C)C1(C(=O)O)CCCCC1. The Morgan fingerprint density at radius 3 is 2.41 bits per heavy atom. The summed E-state index contributed by atoms with van der Waals surface area (Å²) >= 11 is 0. The number of phosphoric ester groups is 1. The van der Waals surface area contributed by atoms with Crippen LogP contribution in [0.2, 0.25) is 0 Å². The third-order valence-corrected chi connectivity index (χ3v) is 5.16. The first-order valence-electron chi connectivity index (χ1n) is 7.81. The quantitative estimate of drug-likeness (QED) is 0.466. The Bertz CT molecular complexity index is 393. The molecule has 1 aliphatic rings. The molecule has 1 rings (SSSR count). The van der Waals surface area contributed by atoms with Crippen LogP contribution in [-0.2, 0) is 23.1 Å². The summed E-state index contributed by atoms with van der Waals surface area (Å²) in [6.07, 6.45) is 3.39. The van der Waals surface area contributed by atoms with E-state index in [0.29, 0.717) is 19.4 Å². The summed E-state index contributed by atoms with van der Waals surface area (Å²) in [7, 11) is -4.29. The molecule has 7 nitrogen and oxygen atoms in total. The third-order valence-electron chi connectivity index (χ3n) is 4.07. The lowest BCUT2D eigenvalue weighted by molar-refractivity contribution is -0.158. The monoisotopic (exact) mass is 338 g/mol. The number of carbonyl (C=O) groups is 1. The van der Waals surface area contributed by atoms with E-state index in [0.717, 1.165) is 25.7 Å². The van der Waals surface area contributed by atoms with Crippen LogP contribution in [0.3, 0.4) is 0 Å². The smallest absolute Gasteiger partial charge is 0.472 e. The summed E-state index contributed by atoms with van der Waals surface area (Å²) in [5, 5.41) is 9.52. The van der Waals surface area contributed by atoms with Crippen molar-refractivity contribution in [1.82, 2.24) is 0 Å². The lowest BCUT2D eigenvalue weighted by atomic mass is 9.71. The second-order valence-electron chi connectivity index (χ2n) is 5.68. The number of phosphoric acid groups is 1. The molecule has 0 aliphatic heterocycles. The fourth-order valence-corrected chi connectivity index (χ4v) is 3.73. The average Bonchev–Trinajstić information content (AvgIpc) is 2.47. The zero-order valence-corrected chi connectivity index (χ0v) is 14.2. The van der Waals surface area contributed by atoms with Crippen molar-refractivity contribution in [3.63, 3.8) is 0 Å². The van der Waals surface area contributed by atoms with Crippen molar-refractivity contribution >= 4 is 13.8 Å². The molecule has 22 heavy (non-hydrogen) atoms. The van der Waals surface area contributed by atoms with E-state index in [1.807, 2.05) is 6.92 Å². The van der Waals surface area contributed by atoms with Crippen molar-refractivity contribution in [2.45, 2.75) is 58.5 Å². The van der Waals surface area contributed by atoms with Crippen LogP contribution in [0.25, 0.3) is 0 Å². The second kappa shape index (κ2) is 8.99. The molecule has 130 valence electrons. The van der Waals surface area contributed by atoms with Crippen LogP contribution in [-0.4, -0.2) is 41.9 Å². The van der Waals surface area contributed by atoms with Crippen LogP contribution in [0.15, 0.2) is 0 Å². The molecule has 0 amide bonds. The van der Waals surface area contributed by atoms with Crippen molar-refractivity contribution < 1.29 is 33.1 Å². The number of carboxylic acid groups (broad SMARTS) is 1. The van der Waals surface area contributed by atoms with E-state index in [1.54, 1.807) is 0 Å². The molecule has 0 saturated heterocycles. The van der Waals surface area contributed by atoms with E-state index in [4.69, 9.17) is 13.8 Å². The van der Waals surface area contributed by atoms with Gasteiger partial charge in [-0.05, 0) is 26.2 Å². The largest absolute Gasteiger partial charge is 0.481 e. The summed E-state index contributed by atoms with van der Waals surface area (Å²) in [5.41, 5.74) is -1.11. The van der Waals surface area contributed by atoms with E-state index >= 15 is 0 Å². The van der Waals surface area contributed by atoms with Crippen LogP contribution >= 0.6 is 7.82 Å². The van der Waals surface area contributed by atoms with E-state index < -0.39 is 25.3 Å². The Labute approximate surface area is 131 Å². The molecular formula is C14H27O7P. The molecule has 0 radical (unpaired) electrons. The predicted molar refractivity (Wildman–Crippen MR) is 80.6 cm³/mol. The summed E-state index contributed by atoms with van der Waals surface area (Å²) in [6.45, 7) is 4.16. The highest BCUT2D eigenvalue weighted by Crippen LogP contribution is 2.50. The first kappa shape index (κ1) is 19.6. The van der Waals surface area contributed by atoms with Crippen LogP contribution in [0, 0.1) is 5.41 Å². The molecule has 0 spiro atoms. The van der Waals surface area contributed by atoms with Gasteiger partial charge in [-0.25, -0.2) is 4.57 Å². The van der Waals surface area contributed by atoms with E-state index in [2.05, 4.69) is 0 Å². The van der Waals surface area contributed by atoms with Gasteiger partial charge in [0, 0.05) is 6.61 Å². The van der Waals surface area contributed by atoms with Gasteiger partial charge in [-0.2, -0.15) is 0 Å². The Kier molecular flexibility index (Phi) is 8.00. The maximum Gasteiger partial charge on any atom is 0.472 e. The molecule has 2 N–H and O–H groups in total. The van der Waals surface area contributed by atoms with Crippen LogP contribution in [0.4, 0.5) is 0 Å². The van der Waals surface area contributed by atoms with Gasteiger partial charge < -0.3 is 14.7 Å². The van der Waals surface area contributed by atoms with Gasteiger partial charge >= 0.3 is 13.8 Å². The number of hydrogen-bond acceptors (Lipinski definition) is 5. The molecule has 0 bridgehead atoms.